The number of imidazole rings is 1. The third kappa shape index (κ3) is 2.94. The van der Waals surface area contributed by atoms with Crippen molar-refractivity contribution in [3.63, 3.8) is 0 Å². The van der Waals surface area contributed by atoms with Crippen molar-refractivity contribution in [2.45, 2.75) is 12.5 Å². The van der Waals surface area contributed by atoms with E-state index in [2.05, 4.69) is 19.9 Å². The SMILES string of the molecule is NC=C(C(=O)N1CCc2[nH]cnc2[C@H]1c1nc2c(F)cccc2s1)c1ccccn1. The minimum atomic E-state index is -0.539. The van der Waals surface area contributed by atoms with Crippen LogP contribution in [0, 0.1) is 5.82 Å². The average molecular weight is 420 g/mol. The number of thiazole rings is 1. The number of carbonyl (C=O) groups is 1. The Hall–Kier alpha value is -3.59. The summed E-state index contributed by atoms with van der Waals surface area (Å²) in [4.78, 5) is 31.6. The monoisotopic (exact) mass is 420 g/mol. The standard InChI is InChI=1S/C21H17FN6OS/c22-13-4-3-6-16-17(13)27-20(30-16)19-18-15(25-11-26-18)7-9-28(19)21(29)12(10-23)14-5-1-2-8-24-14/h1-6,8,10-11,19H,7,9,23H2,(H,25,26)/t19-/m0/s1. The molecule has 5 rings (SSSR count). The minimum Gasteiger partial charge on any atom is -0.404 e. The van der Waals surface area contributed by atoms with E-state index in [1.807, 2.05) is 6.07 Å². The van der Waals surface area contributed by atoms with E-state index in [0.29, 0.717) is 40.5 Å². The lowest BCUT2D eigenvalue weighted by Gasteiger charge is -2.34. The Bertz CT molecular complexity index is 1260. The lowest BCUT2D eigenvalue weighted by Crippen LogP contribution is -2.41. The summed E-state index contributed by atoms with van der Waals surface area (Å²) in [5, 5.41) is 0.605. The normalized spacial score (nSPS) is 16.6. The van der Waals surface area contributed by atoms with E-state index in [4.69, 9.17) is 5.73 Å². The van der Waals surface area contributed by atoms with Gasteiger partial charge in [0.25, 0.3) is 5.91 Å². The molecule has 1 amide bonds. The van der Waals surface area contributed by atoms with Crippen LogP contribution in [0.1, 0.15) is 28.1 Å². The van der Waals surface area contributed by atoms with E-state index < -0.39 is 6.04 Å². The van der Waals surface area contributed by atoms with Gasteiger partial charge in [-0.2, -0.15) is 0 Å². The molecule has 1 aliphatic heterocycles. The largest absolute Gasteiger partial charge is 0.404 e. The molecule has 0 radical (unpaired) electrons. The maximum atomic E-state index is 14.3. The van der Waals surface area contributed by atoms with Crippen LogP contribution in [0.4, 0.5) is 4.39 Å². The number of aromatic nitrogens is 4. The molecule has 30 heavy (non-hydrogen) atoms. The van der Waals surface area contributed by atoms with E-state index >= 15 is 0 Å². The maximum absolute atomic E-state index is 14.3. The van der Waals surface area contributed by atoms with Gasteiger partial charge in [0.05, 0.1) is 28.0 Å². The molecule has 1 aliphatic rings. The Labute approximate surface area is 175 Å². The van der Waals surface area contributed by atoms with Crippen molar-refractivity contribution in [1.82, 2.24) is 24.8 Å². The molecule has 0 spiro atoms. The van der Waals surface area contributed by atoms with Crippen LogP contribution in [0.3, 0.4) is 0 Å². The fourth-order valence-electron chi connectivity index (χ4n) is 3.74. The van der Waals surface area contributed by atoms with Crippen LogP contribution < -0.4 is 5.73 Å². The number of fused-ring (bicyclic) bond motifs is 2. The Morgan fingerprint density at radius 2 is 2.17 bits per heavy atom. The first-order chi connectivity index (χ1) is 14.7. The van der Waals surface area contributed by atoms with Gasteiger partial charge >= 0.3 is 0 Å². The number of para-hydroxylation sites is 1. The van der Waals surface area contributed by atoms with E-state index in [9.17, 15) is 9.18 Å². The summed E-state index contributed by atoms with van der Waals surface area (Å²) in [6.45, 7) is 0.446. The van der Waals surface area contributed by atoms with Crippen LogP contribution in [0.15, 0.2) is 55.1 Å². The van der Waals surface area contributed by atoms with Crippen molar-refractivity contribution >= 4 is 33.0 Å². The number of H-pyrrole nitrogens is 1. The highest BCUT2D eigenvalue weighted by Gasteiger charge is 2.37. The van der Waals surface area contributed by atoms with Crippen molar-refractivity contribution in [3.05, 3.63) is 83.0 Å². The molecule has 0 saturated heterocycles. The molecule has 0 saturated carbocycles. The van der Waals surface area contributed by atoms with Gasteiger partial charge in [0.15, 0.2) is 0 Å². The molecule has 3 N–H and O–H groups in total. The molecular formula is C21H17FN6OS. The number of hydrogen-bond acceptors (Lipinski definition) is 6. The number of pyridine rings is 1. The molecule has 7 nitrogen and oxygen atoms in total. The molecular weight excluding hydrogens is 403 g/mol. The highest BCUT2D eigenvalue weighted by Crippen LogP contribution is 2.39. The van der Waals surface area contributed by atoms with Crippen molar-refractivity contribution in [2.24, 2.45) is 5.73 Å². The Morgan fingerprint density at radius 3 is 2.93 bits per heavy atom. The topological polar surface area (TPSA) is 101 Å². The molecule has 1 aromatic carbocycles. The van der Waals surface area contributed by atoms with Gasteiger partial charge < -0.3 is 15.6 Å². The molecule has 0 unspecified atom stereocenters. The summed E-state index contributed by atoms with van der Waals surface area (Å²) in [7, 11) is 0. The van der Waals surface area contributed by atoms with Gasteiger partial charge in [-0.1, -0.05) is 12.1 Å². The van der Waals surface area contributed by atoms with Crippen LogP contribution in [0.25, 0.3) is 15.8 Å². The summed E-state index contributed by atoms with van der Waals surface area (Å²) in [6.07, 6.45) is 5.12. The molecule has 0 fully saturated rings. The minimum absolute atomic E-state index is 0.269. The fraction of sp³-hybridized carbons (Fsp3) is 0.143. The lowest BCUT2D eigenvalue weighted by molar-refractivity contribution is -0.127. The van der Waals surface area contributed by atoms with Gasteiger partial charge in [-0.25, -0.2) is 14.4 Å². The van der Waals surface area contributed by atoms with Crippen LogP contribution in [0.5, 0.6) is 0 Å². The van der Waals surface area contributed by atoms with Crippen molar-refractivity contribution < 1.29 is 9.18 Å². The molecule has 1 atom stereocenters. The number of carbonyl (C=O) groups excluding carboxylic acids is 1. The van der Waals surface area contributed by atoms with E-state index in [1.165, 1.54) is 23.6 Å². The smallest absolute Gasteiger partial charge is 0.258 e. The molecule has 150 valence electrons. The number of benzene rings is 1. The van der Waals surface area contributed by atoms with Crippen LogP contribution in [-0.4, -0.2) is 37.3 Å². The first-order valence-electron chi connectivity index (χ1n) is 9.38. The third-order valence-corrected chi connectivity index (χ3v) is 6.22. The Morgan fingerprint density at radius 1 is 1.27 bits per heavy atom. The summed E-state index contributed by atoms with van der Waals surface area (Å²) >= 11 is 1.36. The maximum Gasteiger partial charge on any atom is 0.258 e. The van der Waals surface area contributed by atoms with E-state index in [0.717, 1.165) is 10.4 Å². The number of hydrogen-bond donors (Lipinski definition) is 2. The molecule has 9 heteroatoms. The second-order valence-electron chi connectivity index (χ2n) is 6.85. The predicted octanol–water partition coefficient (Wildman–Crippen LogP) is 3.03. The average Bonchev–Trinajstić information content (AvgIpc) is 3.42. The van der Waals surface area contributed by atoms with Gasteiger partial charge in [0, 0.05) is 31.1 Å². The zero-order chi connectivity index (χ0) is 20.7. The number of nitrogens with one attached hydrogen (secondary N) is 1. The lowest BCUT2D eigenvalue weighted by atomic mass is 10.0. The van der Waals surface area contributed by atoms with Crippen LogP contribution in [-0.2, 0) is 11.2 Å². The highest BCUT2D eigenvalue weighted by atomic mass is 32.1. The molecule has 4 aromatic rings. The van der Waals surface area contributed by atoms with Crippen molar-refractivity contribution in [1.29, 1.82) is 0 Å². The molecule has 0 bridgehead atoms. The number of rotatable bonds is 3. The van der Waals surface area contributed by atoms with Gasteiger partial charge in [-0.3, -0.25) is 9.78 Å². The molecule has 3 aromatic heterocycles. The van der Waals surface area contributed by atoms with Gasteiger partial charge in [0.1, 0.15) is 22.4 Å². The predicted molar refractivity (Wildman–Crippen MR) is 112 cm³/mol. The zero-order valence-electron chi connectivity index (χ0n) is 15.7. The zero-order valence-corrected chi connectivity index (χ0v) is 16.6. The van der Waals surface area contributed by atoms with Crippen LogP contribution in [0.2, 0.25) is 0 Å². The van der Waals surface area contributed by atoms with Crippen molar-refractivity contribution in [2.75, 3.05) is 6.54 Å². The van der Waals surface area contributed by atoms with Crippen molar-refractivity contribution in [3.8, 4) is 0 Å². The molecule has 0 aliphatic carbocycles. The first kappa shape index (κ1) is 18.4. The number of halogens is 1. The second kappa shape index (κ2) is 7.34. The fourth-order valence-corrected chi connectivity index (χ4v) is 4.84. The van der Waals surface area contributed by atoms with E-state index in [1.54, 1.807) is 41.7 Å². The van der Waals surface area contributed by atoms with E-state index in [-0.39, 0.29) is 11.7 Å². The quantitative estimate of drug-likeness (QED) is 0.496. The van der Waals surface area contributed by atoms with Crippen LogP contribution >= 0.6 is 11.3 Å². The first-order valence-corrected chi connectivity index (χ1v) is 10.2. The second-order valence-corrected chi connectivity index (χ2v) is 7.91. The summed E-state index contributed by atoms with van der Waals surface area (Å²) in [5.41, 5.74) is 8.57. The highest BCUT2D eigenvalue weighted by molar-refractivity contribution is 7.18. The molecule has 4 heterocycles. The third-order valence-electron chi connectivity index (χ3n) is 5.14. The summed E-state index contributed by atoms with van der Waals surface area (Å²) in [5.74, 6) is -0.656. The number of amides is 1. The number of nitrogens with zero attached hydrogens (tertiary/aromatic N) is 4. The number of aromatic amines is 1. The number of nitrogens with two attached hydrogens (primary N) is 1. The Balaban J connectivity index is 1.62. The van der Waals surface area contributed by atoms with Gasteiger partial charge in [-0.15, -0.1) is 11.3 Å². The van der Waals surface area contributed by atoms with Gasteiger partial charge in [0.2, 0.25) is 0 Å². The summed E-state index contributed by atoms with van der Waals surface area (Å²) in [6, 6.07) is 9.63. The summed E-state index contributed by atoms with van der Waals surface area (Å²) < 4.78 is 15.0. The van der Waals surface area contributed by atoms with Gasteiger partial charge in [-0.05, 0) is 24.3 Å². The Kier molecular flexibility index (Phi) is 4.51.